The fourth-order valence-corrected chi connectivity index (χ4v) is 3.23. The molecular formula is C20H26N2O6. The summed E-state index contributed by atoms with van der Waals surface area (Å²) in [6.45, 7) is 3.47. The first kappa shape index (κ1) is 20.2. The fourth-order valence-electron chi connectivity index (χ4n) is 3.23. The minimum absolute atomic E-state index is 0.117. The standard InChI is InChI=1S/C20H26N2O6/c1-20(27-8-9-28-20)6-7-21-18(23)5-4-13-10-14-11-16(25-2)17(26-3)12-15(14)22-19(13)24/h10-12H,4-9H2,1-3H3,(H,21,23)(H,22,24). The summed E-state index contributed by atoms with van der Waals surface area (Å²) >= 11 is 0. The predicted octanol–water partition coefficient (Wildman–Crippen LogP) is 1.75. The molecule has 0 saturated carbocycles. The van der Waals surface area contributed by atoms with Gasteiger partial charge in [0.2, 0.25) is 5.91 Å². The summed E-state index contributed by atoms with van der Waals surface area (Å²) in [5, 5.41) is 3.66. The average molecular weight is 390 g/mol. The molecule has 1 saturated heterocycles. The zero-order chi connectivity index (χ0) is 20.1. The lowest BCUT2D eigenvalue weighted by atomic mass is 10.1. The van der Waals surface area contributed by atoms with E-state index >= 15 is 0 Å². The number of carbonyl (C=O) groups excluding carboxylic acids is 1. The van der Waals surface area contributed by atoms with E-state index in [0.29, 0.717) is 55.2 Å². The number of fused-ring (bicyclic) bond motifs is 1. The maximum Gasteiger partial charge on any atom is 0.251 e. The van der Waals surface area contributed by atoms with E-state index in [4.69, 9.17) is 18.9 Å². The Morgan fingerprint density at radius 1 is 1.18 bits per heavy atom. The van der Waals surface area contributed by atoms with Gasteiger partial charge >= 0.3 is 0 Å². The van der Waals surface area contributed by atoms with Crippen LogP contribution >= 0.6 is 0 Å². The first-order valence-corrected chi connectivity index (χ1v) is 9.26. The molecular weight excluding hydrogens is 364 g/mol. The molecule has 3 rings (SSSR count). The molecule has 8 heteroatoms. The topological polar surface area (TPSA) is 98.9 Å². The van der Waals surface area contributed by atoms with Gasteiger partial charge in [0.05, 0.1) is 33.0 Å². The molecule has 1 aromatic heterocycles. The van der Waals surface area contributed by atoms with E-state index in [1.165, 1.54) is 0 Å². The van der Waals surface area contributed by atoms with Crippen molar-refractivity contribution in [2.24, 2.45) is 0 Å². The molecule has 1 aromatic carbocycles. The number of aromatic nitrogens is 1. The number of nitrogens with one attached hydrogen (secondary N) is 2. The fraction of sp³-hybridized carbons (Fsp3) is 0.500. The van der Waals surface area contributed by atoms with Crippen LogP contribution in [0, 0.1) is 0 Å². The molecule has 0 aliphatic carbocycles. The number of rotatable bonds is 8. The van der Waals surface area contributed by atoms with Gasteiger partial charge in [0, 0.05) is 36.4 Å². The number of pyridine rings is 1. The molecule has 8 nitrogen and oxygen atoms in total. The number of methoxy groups -OCH3 is 2. The van der Waals surface area contributed by atoms with Crippen LogP contribution in [0.15, 0.2) is 23.0 Å². The highest BCUT2D eigenvalue weighted by Gasteiger charge is 2.30. The number of carbonyl (C=O) groups is 1. The normalized spacial score (nSPS) is 15.5. The number of aromatic amines is 1. The number of amides is 1. The van der Waals surface area contributed by atoms with E-state index in [0.717, 1.165) is 5.39 Å². The number of hydrogen-bond acceptors (Lipinski definition) is 6. The molecule has 1 aliphatic heterocycles. The van der Waals surface area contributed by atoms with Crippen molar-refractivity contribution in [1.82, 2.24) is 10.3 Å². The summed E-state index contributed by atoms with van der Waals surface area (Å²) in [5.41, 5.74) is 0.984. The van der Waals surface area contributed by atoms with Crippen LogP contribution in [-0.2, 0) is 20.7 Å². The van der Waals surface area contributed by atoms with Crippen LogP contribution in [0.25, 0.3) is 10.9 Å². The summed E-state index contributed by atoms with van der Waals surface area (Å²) in [7, 11) is 3.10. The Morgan fingerprint density at radius 2 is 1.86 bits per heavy atom. The Kier molecular flexibility index (Phi) is 6.21. The molecule has 0 bridgehead atoms. The zero-order valence-corrected chi connectivity index (χ0v) is 16.4. The van der Waals surface area contributed by atoms with Gasteiger partial charge < -0.3 is 29.2 Å². The lowest BCUT2D eigenvalue weighted by Crippen LogP contribution is -2.33. The highest BCUT2D eigenvalue weighted by atomic mass is 16.7. The molecule has 0 radical (unpaired) electrons. The van der Waals surface area contributed by atoms with Gasteiger partial charge in [-0.2, -0.15) is 0 Å². The molecule has 0 atom stereocenters. The maximum absolute atomic E-state index is 12.3. The van der Waals surface area contributed by atoms with Crippen molar-refractivity contribution in [3.05, 3.63) is 34.1 Å². The second kappa shape index (κ2) is 8.62. The SMILES string of the molecule is COc1cc2cc(CCC(=O)NCCC3(C)OCCO3)c(=O)[nH]c2cc1OC. The third-order valence-corrected chi connectivity index (χ3v) is 4.85. The van der Waals surface area contributed by atoms with Crippen molar-refractivity contribution in [3.63, 3.8) is 0 Å². The Labute approximate surface area is 163 Å². The maximum atomic E-state index is 12.3. The Balaban J connectivity index is 1.61. The quantitative estimate of drug-likeness (QED) is 0.713. The van der Waals surface area contributed by atoms with E-state index in [1.807, 2.05) is 6.92 Å². The molecule has 152 valence electrons. The third-order valence-electron chi connectivity index (χ3n) is 4.85. The van der Waals surface area contributed by atoms with Gasteiger partial charge in [-0.15, -0.1) is 0 Å². The van der Waals surface area contributed by atoms with Crippen LogP contribution in [0.5, 0.6) is 11.5 Å². The second-order valence-corrected chi connectivity index (χ2v) is 6.85. The van der Waals surface area contributed by atoms with Crippen LogP contribution in [0.2, 0.25) is 0 Å². The van der Waals surface area contributed by atoms with Gasteiger partial charge in [-0.25, -0.2) is 0 Å². The predicted molar refractivity (Wildman–Crippen MR) is 104 cm³/mol. The summed E-state index contributed by atoms with van der Waals surface area (Å²) in [6.07, 6.45) is 1.15. The lowest BCUT2D eigenvalue weighted by molar-refractivity contribution is -0.146. The van der Waals surface area contributed by atoms with Gasteiger partial charge in [-0.3, -0.25) is 9.59 Å². The molecule has 1 aliphatic rings. The molecule has 28 heavy (non-hydrogen) atoms. The van der Waals surface area contributed by atoms with Crippen molar-refractivity contribution in [1.29, 1.82) is 0 Å². The van der Waals surface area contributed by atoms with Crippen LogP contribution in [0.3, 0.4) is 0 Å². The summed E-state index contributed by atoms with van der Waals surface area (Å²) in [4.78, 5) is 27.3. The first-order chi connectivity index (χ1) is 13.4. The van der Waals surface area contributed by atoms with Crippen molar-refractivity contribution >= 4 is 16.8 Å². The lowest BCUT2D eigenvalue weighted by Gasteiger charge is -2.22. The Hall–Kier alpha value is -2.58. The first-order valence-electron chi connectivity index (χ1n) is 9.26. The van der Waals surface area contributed by atoms with Crippen molar-refractivity contribution < 1.29 is 23.7 Å². The number of hydrogen-bond donors (Lipinski definition) is 2. The molecule has 2 aromatic rings. The smallest absolute Gasteiger partial charge is 0.251 e. The van der Waals surface area contributed by atoms with Gasteiger partial charge in [-0.1, -0.05) is 0 Å². The van der Waals surface area contributed by atoms with Crippen molar-refractivity contribution in [2.45, 2.75) is 32.0 Å². The van der Waals surface area contributed by atoms with Gasteiger partial charge in [-0.05, 0) is 25.5 Å². The van der Waals surface area contributed by atoms with Crippen LogP contribution in [0.1, 0.15) is 25.3 Å². The van der Waals surface area contributed by atoms with Crippen molar-refractivity contribution in [2.75, 3.05) is 34.0 Å². The largest absolute Gasteiger partial charge is 0.493 e. The average Bonchev–Trinajstić information content (AvgIpc) is 3.11. The van der Waals surface area contributed by atoms with E-state index in [9.17, 15) is 9.59 Å². The minimum atomic E-state index is -0.622. The summed E-state index contributed by atoms with van der Waals surface area (Å²) in [6, 6.07) is 5.31. The third kappa shape index (κ3) is 4.63. The number of ether oxygens (including phenoxy) is 4. The zero-order valence-electron chi connectivity index (χ0n) is 16.4. The van der Waals surface area contributed by atoms with Gasteiger partial charge in [0.1, 0.15) is 0 Å². The molecule has 0 unspecified atom stereocenters. The molecule has 1 amide bonds. The van der Waals surface area contributed by atoms with Gasteiger partial charge in [0.25, 0.3) is 5.56 Å². The summed E-state index contributed by atoms with van der Waals surface area (Å²) < 4.78 is 21.6. The van der Waals surface area contributed by atoms with E-state index in [2.05, 4.69) is 10.3 Å². The molecule has 1 fully saturated rings. The van der Waals surface area contributed by atoms with Gasteiger partial charge in [0.15, 0.2) is 17.3 Å². The van der Waals surface area contributed by atoms with Crippen molar-refractivity contribution in [3.8, 4) is 11.5 Å². The van der Waals surface area contributed by atoms with E-state index in [1.54, 1.807) is 32.4 Å². The number of H-pyrrole nitrogens is 1. The van der Waals surface area contributed by atoms with E-state index in [-0.39, 0.29) is 17.9 Å². The minimum Gasteiger partial charge on any atom is -0.493 e. The van der Waals surface area contributed by atoms with Crippen LogP contribution in [0.4, 0.5) is 0 Å². The van der Waals surface area contributed by atoms with E-state index < -0.39 is 5.79 Å². The highest BCUT2D eigenvalue weighted by Crippen LogP contribution is 2.31. The Bertz CT molecular complexity index is 901. The summed E-state index contributed by atoms with van der Waals surface area (Å²) in [5.74, 6) is 0.383. The molecule has 2 N–H and O–H groups in total. The highest BCUT2D eigenvalue weighted by molar-refractivity contribution is 5.83. The van der Waals surface area contributed by atoms with Crippen LogP contribution < -0.4 is 20.3 Å². The number of benzene rings is 1. The van der Waals surface area contributed by atoms with Crippen LogP contribution in [-0.4, -0.2) is 50.7 Å². The number of aryl methyl sites for hydroxylation is 1. The Morgan fingerprint density at radius 3 is 2.54 bits per heavy atom. The molecule has 0 spiro atoms. The second-order valence-electron chi connectivity index (χ2n) is 6.85. The monoisotopic (exact) mass is 390 g/mol. The molecule has 2 heterocycles.